The molecule has 2 aromatic heterocycles. The van der Waals surface area contributed by atoms with Gasteiger partial charge in [0.25, 0.3) is 5.56 Å². The van der Waals surface area contributed by atoms with E-state index < -0.39 is 11.4 Å². The quantitative estimate of drug-likeness (QED) is 0.769. The summed E-state index contributed by atoms with van der Waals surface area (Å²) in [4.78, 5) is 32.1. The average molecular weight is 338 g/mol. The van der Waals surface area contributed by atoms with Gasteiger partial charge in [-0.25, -0.2) is 9.37 Å². The van der Waals surface area contributed by atoms with Crippen LogP contribution in [-0.4, -0.2) is 20.4 Å². The Hall–Kier alpha value is -3.35. The van der Waals surface area contributed by atoms with E-state index in [4.69, 9.17) is 0 Å². The maximum Gasteiger partial charge on any atom is 0.254 e. The highest BCUT2D eigenvalue weighted by molar-refractivity contribution is 5.75. The molecule has 1 N–H and O–H groups in total. The summed E-state index contributed by atoms with van der Waals surface area (Å²) in [5, 5.41) is 2.70. The van der Waals surface area contributed by atoms with Gasteiger partial charge in [-0.3, -0.25) is 19.1 Å². The molecular weight excluding hydrogens is 323 g/mol. The Labute approximate surface area is 143 Å². The third-order valence-corrected chi connectivity index (χ3v) is 3.56. The van der Waals surface area contributed by atoms with Gasteiger partial charge in [0.1, 0.15) is 12.4 Å². The van der Waals surface area contributed by atoms with E-state index in [1.54, 1.807) is 36.7 Å². The molecule has 0 saturated heterocycles. The van der Waals surface area contributed by atoms with E-state index in [0.717, 1.165) is 5.56 Å². The number of amides is 1. The molecule has 0 unspecified atom stereocenters. The van der Waals surface area contributed by atoms with E-state index in [0.29, 0.717) is 6.54 Å². The summed E-state index contributed by atoms with van der Waals surface area (Å²) in [7, 11) is 0. The fourth-order valence-electron chi connectivity index (χ4n) is 2.27. The zero-order valence-corrected chi connectivity index (χ0v) is 13.2. The van der Waals surface area contributed by atoms with Crippen LogP contribution in [0.2, 0.25) is 0 Å². The van der Waals surface area contributed by atoms with Crippen molar-refractivity contribution in [1.82, 2.24) is 19.9 Å². The van der Waals surface area contributed by atoms with Gasteiger partial charge in [-0.15, -0.1) is 0 Å². The molecule has 0 aliphatic carbocycles. The second kappa shape index (κ2) is 7.48. The van der Waals surface area contributed by atoms with Gasteiger partial charge in [0.05, 0.1) is 12.0 Å². The number of nitrogens with one attached hydrogen (secondary N) is 1. The molecule has 6 nitrogen and oxygen atoms in total. The van der Waals surface area contributed by atoms with Crippen LogP contribution in [-0.2, 0) is 17.9 Å². The van der Waals surface area contributed by atoms with Gasteiger partial charge in [-0.1, -0.05) is 18.2 Å². The second-order valence-electron chi connectivity index (χ2n) is 5.36. The Bertz CT molecular complexity index is 941. The summed E-state index contributed by atoms with van der Waals surface area (Å²) in [6.07, 6.45) is 4.54. The first-order valence-electron chi connectivity index (χ1n) is 7.60. The molecule has 1 aromatic carbocycles. The normalized spacial score (nSPS) is 10.4. The molecule has 0 bridgehead atoms. The summed E-state index contributed by atoms with van der Waals surface area (Å²) in [5.74, 6) is -0.784. The largest absolute Gasteiger partial charge is 0.350 e. The van der Waals surface area contributed by atoms with Crippen LogP contribution in [0.3, 0.4) is 0 Å². The topological polar surface area (TPSA) is 76.9 Å². The van der Waals surface area contributed by atoms with Gasteiger partial charge in [0.2, 0.25) is 5.91 Å². The van der Waals surface area contributed by atoms with Gasteiger partial charge in [-0.05, 0) is 23.8 Å². The van der Waals surface area contributed by atoms with Crippen molar-refractivity contribution in [3.63, 3.8) is 0 Å². The van der Waals surface area contributed by atoms with Crippen molar-refractivity contribution < 1.29 is 9.18 Å². The minimum Gasteiger partial charge on any atom is -0.350 e. The van der Waals surface area contributed by atoms with Crippen molar-refractivity contribution in [2.24, 2.45) is 0 Å². The predicted octanol–water partition coefficient (Wildman–Crippen LogP) is 1.76. The lowest BCUT2D eigenvalue weighted by molar-refractivity contribution is -0.121. The fraction of sp³-hybridized carbons (Fsp3) is 0.111. The van der Waals surface area contributed by atoms with Gasteiger partial charge >= 0.3 is 0 Å². The number of carbonyl (C=O) groups is 1. The van der Waals surface area contributed by atoms with Gasteiger partial charge in [-0.2, -0.15) is 0 Å². The van der Waals surface area contributed by atoms with E-state index in [1.165, 1.54) is 23.0 Å². The standard InChI is InChI=1S/C18H15FN4O2/c19-15-6-2-1-5-14(15)16-8-18(25)23(12-22-16)11-17(24)21-10-13-4-3-7-20-9-13/h1-9,12H,10-11H2,(H,21,24). The first kappa shape index (κ1) is 16.5. The summed E-state index contributed by atoms with van der Waals surface area (Å²) in [6.45, 7) is 0.159. The molecule has 0 aliphatic heterocycles. The molecule has 0 saturated carbocycles. The van der Waals surface area contributed by atoms with E-state index in [1.807, 2.05) is 6.07 Å². The maximum atomic E-state index is 13.8. The minimum absolute atomic E-state index is 0.163. The zero-order chi connectivity index (χ0) is 17.6. The van der Waals surface area contributed by atoms with Gasteiger partial charge in [0, 0.05) is 30.6 Å². The number of halogens is 1. The van der Waals surface area contributed by atoms with Crippen molar-refractivity contribution in [3.05, 3.63) is 82.9 Å². The highest BCUT2D eigenvalue weighted by Crippen LogP contribution is 2.18. The third-order valence-electron chi connectivity index (χ3n) is 3.56. The maximum absolute atomic E-state index is 13.8. The molecule has 25 heavy (non-hydrogen) atoms. The molecule has 3 aromatic rings. The van der Waals surface area contributed by atoms with E-state index >= 15 is 0 Å². The van der Waals surface area contributed by atoms with E-state index in [9.17, 15) is 14.0 Å². The first-order valence-corrected chi connectivity index (χ1v) is 7.60. The Morgan fingerprint density at radius 1 is 1.20 bits per heavy atom. The molecule has 0 fully saturated rings. The second-order valence-corrected chi connectivity index (χ2v) is 5.36. The van der Waals surface area contributed by atoms with E-state index in [-0.39, 0.29) is 23.7 Å². The first-order chi connectivity index (χ1) is 12.1. The molecule has 0 aliphatic rings. The van der Waals surface area contributed by atoms with Gasteiger partial charge in [0.15, 0.2) is 0 Å². The van der Waals surface area contributed by atoms with Crippen molar-refractivity contribution in [2.75, 3.05) is 0 Å². The Kier molecular flexibility index (Phi) is 4.94. The molecule has 0 radical (unpaired) electrons. The van der Waals surface area contributed by atoms with E-state index in [2.05, 4.69) is 15.3 Å². The monoisotopic (exact) mass is 338 g/mol. The summed E-state index contributed by atoms with van der Waals surface area (Å²) in [5.41, 5.74) is 0.906. The van der Waals surface area contributed by atoms with Crippen LogP contribution in [0.5, 0.6) is 0 Å². The number of rotatable bonds is 5. The lowest BCUT2D eigenvalue weighted by Gasteiger charge is -2.08. The lowest BCUT2D eigenvalue weighted by Crippen LogP contribution is -2.32. The SMILES string of the molecule is O=C(Cn1cnc(-c2ccccc2F)cc1=O)NCc1cccnc1. The van der Waals surface area contributed by atoms with Crippen LogP contribution in [0.15, 0.2) is 66.0 Å². The van der Waals surface area contributed by atoms with Gasteiger partial charge < -0.3 is 5.32 Å². The molecule has 0 atom stereocenters. The van der Waals surface area contributed by atoms with Crippen LogP contribution < -0.4 is 10.9 Å². The third kappa shape index (κ3) is 4.14. The zero-order valence-electron chi connectivity index (χ0n) is 13.2. The van der Waals surface area contributed by atoms with Crippen LogP contribution in [0.25, 0.3) is 11.3 Å². The summed E-state index contributed by atoms with van der Waals surface area (Å²) < 4.78 is 14.9. The minimum atomic E-state index is -0.457. The highest BCUT2D eigenvalue weighted by Gasteiger charge is 2.09. The molecule has 7 heteroatoms. The number of aromatic nitrogens is 3. The lowest BCUT2D eigenvalue weighted by atomic mass is 10.1. The van der Waals surface area contributed by atoms with Crippen LogP contribution >= 0.6 is 0 Å². The molecular formula is C18H15FN4O2. The average Bonchev–Trinajstić information content (AvgIpc) is 2.63. The van der Waals surface area contributed by atoms with Crippen LogP contribution in [0, 0.1) is 5.82 Å². The number of pyridine rings is 1. The smallest absolute Gasteiger partial charge is 0.254 e. The molecule has 0 spiro atoms. The fourth-order valence-corrected chi connectivity index (χ4v) is 2.27. The predicted molar refractivity (Wildman–Crippen MR) is 90.0 cm³/mol. The van der Waals surface area contributed by atoms with Crippen LogP contribution in [0.1, 0.15) is 5.56 Å². The summed E-state index contributed by atoms with van der Waals surface area (Å²) >= 11 is 0. The Balaban J connectivity index is 1.68. The molecule has 1 amide bonds. The molecule has 2 heterocycles. The number of benzene rings is 1. The Morgan fingerprint density at radius 2 is 2.04 bits per heavy atom. The van der Waals surface area contributed by atoms with Crippen molar-refractivity contribution in [1.29, 1.82) is 0 Å². The van der Waals surface area contributed by atoms with Crippen molar-refractivity contribution in [2.45, 2.75) is 13.1 Å². The number of hydrogen-bond donors (Lipinski definition) is 1. The van der Waals surface area contributed by atoms with Crippen molar-refractivity contribution >= 4 is 5.91 Å². The molecule has 126 valence electrons. The van der Waals surface area contributed by atoms with Crippen LogP contribution in [0.4, 0.5) is 4.39 Å². The van der Waals surface area contributed by atoms with Crippen molar-refractivity contribution in [3.8, 4) is 11.3 Å². The number of carbonyl (C=O) groups excluding carboxylic acids is 1. The number of nitrogens with zero attached hydrogens (tertiary/aromatic N) is 3. The highest BCUT2D eigenvalue weighted by atomic mass is 19.1. The summed E-state index contributed by atoms with van der Waals surface area (Å²) in [6, 6.07) is 10.9. The Morgan fingerprint density at radius 3 is 2.76 bits per heavy atom. The molecule has 3 rings (SSSR count). The number of hydrogen-bond acceptors (Lipinski definition) is 4.